The highest BCUT2D eigenvalue weighted by Crippen LogP contribution is 2.19. The molecule has 186 valence electrons. The van der Waals surface area contributed by atoms with E-state index in [0.29, 0.717) is 42.3 Å². The zero-order valence-electron chi connectivity index (χ0n) is 20.3. The Hall–Kier alpha value is -3.75. The fourth-order valence-corrected chi connectivity index (χ4v) is 4.17. The third kappa shape index (κ3) is 6.90. The Morgan fingerprint density at radius 3 is 2.42 bits per heavy atom. The predicted octanol–water partition coefficient (Wildman–Crippen LogP) is 3.82. The maximum atomic E-state index is 12.9. The van der Waals surface area contributed by atoms with Crippen LogP contribution in [0, 0.1) is 0 Å². The maximum Gasteiger partial charge on any atom is 0.261 e. The summed E-state index contributed by atoms with van der Waals surface area (Å²) in [5.41, 5.74) is 2.77. The molecule has 0 saturated carbocycles. The number of benzene rings is 3. The molecular formula is C28H30N4O3S. The van der Waals surface area contributed by atoms with Gasteiger partial charge in [0.25, 0.3) is 11.8 Å². The fraction of sp³-hybridized carbons (Fsp3) is 0.250. The van der Waals surface area contributed by atoms with Gasteiger partial charge in [-0.2, -0.15) is 0 Å². The van der Waals surface area contributed by atoms with Gasteiger partial charge >= 0.3 is 0 Å². The summed E-state index contributed by atoms with van der Waals surface area (Å²) in [6.07, 6.45) is 0.736. The third-order valence-corrected chi connectivity index (χ3v) is 6.21. The number of hydrogen-bond acceptors (Lipinski definition) is 5. The Kier molecular flexibility index (Phi) is 8.65. The molecule has 0 atom stereocenters. The Bertz CT molecular complexity index is 1210. The number of carbonyl (C=O) groups excluding carboxylic acids is 2. The van der Waals surface area contributed by atoms with Crippen LogP contribution in [0.1, 0.15) is 26.3 Å². The number of likely N-dealkylation sites (N-methyl/N-ethyl adjacent to an activating group) is 1. The molecule has 2 N–H and O–H groups in total. The van der Waals surface area contributed by atoms with E-state index in [2.05, 4.69) is 22.6 Å². The van der Waals surface area contributed by atoms with Crippen LogP contribution in [0.5, 0.6) is 5.75 Å². The molecule has 2 amide bonds. The molecule has 36 heavy (non-hydrogen) atoms. The molecule has 7 nitrogen and oxygen atoms in total. The predicted molar refractivity (Wildman–Crippen MR) is 146 cm³/mol. The summed E-state index contributed by atoms with van der Waals surface area (Å²) in [5.74, 6) is 0.115. The number of nitrogens with zero attached hydrogens (tertiary/aromatic N) is 2. The molecule has 0 bridgehead atoms. The van der Waals surface area contributed by atoms with Crippen molar-refractivity contribution < 1.29 is 14.3 Å². The van der Waals surface area contributed by atoms with Crippen molar-refractivity contribution >= 4 is 34.8 Å². The molecule has 3 aromatic rings. The number of nitrogens with one attached hydrogen (secondary N) is 2. The van der Waals surface area contributed by atoms with Gasteiger partial charge in [-0.15, -0.1) is 0 Å². The number of piperazine rings is 1. The van der Waals surface area contributed by atoms with Crippen molar-refractivity contribution in [2.75, 3.05) is 45.2 Å². The number of para-hydroxylation sites is 1. The highest BCUT2D eigenvalue weighted by Gasteiger charge is 2.20. The van der Waals surface area contributed by atoms with Crippen molar-refractivity contribution in [3.05, 3.63) is 95.6 Å². The second-order valence-corrected chi connectivity index (χ2v) is 9.07. The van der Waals surface area contributed by atoms with E-state index in [9.17, 15) is 9.59 Å². The number of thiocarbonyl (C=S) groups is 1. The average molecular weight is 503 g/mol. The summed E-state index contributed by atoms with van der Waals surface area (Å²) >= 11 is 5.37. The van der Waals surface area contributed by atoms with E-state index in [-0.39, 0.29) is 16.9 Å². The normalized spacial score (nSPS) is 13.6. The zero-order chi connectivity index (χ0) is 25.3. The van der Waals surface area contributed by atoms with E-state index >= 15 is 0 Å². The first kappa shape index (κ1) is 25.3. The minimum Gasteiger partial charge on any atom is -0.492 e. The van der Waals surface area contributed by atoms with Crippen molar-refractivity contribution in [2.45, 2.75) is 6.42 Å². The van der Waals surface area contributed by atoms with Crippen molar-refractivity contribution in [1.29, 1.82) is 0 Å². The average Bonchev–Trinajstić information content (AvgIpc) is 2.89. The third-order valence-electron chi connectivity index (χ3n) is 6.01. The van der Waals surface area contributed by atoms with Gasteiger partial charge in [-0.25, -0.2) is 0 Å². The Morgan fingerprint density at radius 2 is 1.64 bits per heavy atom. The zero-order valence-corrected chi connectivity index (χ0v) is 21.1. The van der Waals surface area contributed by atoms with Crippen LogP contribution >= 0.6 is 12.2 Å². The quantitative estimate of drug-likeness (QED) is 0.479. The van der Waals surface area contributed by atoms with Crippen molar-refractivity contribution in [1.82, 2.24) is 15.1 Å². The van der Waals surface area contributed by atoms with Gasteiger partial charge in [0.05, 0.1) is 12.2 Å². The molecule has 1 saturated heterocycles. The monoisotopic (exact) mass is 502 g/mol. The highest BCUT2D eigenvalue weighted by molar-refractivity contribution is 7.80. The molecule has 4 rings (SSSR count). The van der Waals surface area contributed by atoms with E-state index in [1.54, 1.807) is 42.5 Å². The topological polar surface area (TPSA) is 73.9 Å². The van der Waals surface area contributed by atoms with Gasteiger partial charge in [0.15, 0.2) is 5.11 Å². The van der Waals surface area contributed by atoms with Crippen LogP contribution in [0.25, 0.3) is 0 Å². The number of carbonyl (C=O) groups is 2. The molecular weight excluding hydrogens is 472 g/mol. The molecule has 1 aliphatic rings. The number of anilines is 1. The molecule has 0 unspecified atom stereocenters. The highest BCUT2D eigenvalue weighted by atomic mass is 32.1. The summed E-state index contributed by atoms with van der Waals surface area (Å²) in [6, 6.07) is 24.3. The molecule has 0 aromatic heterocycles. The summed E-state index contributed by atoms with van der Waals surface area (Å²) < 4.78 is 5.90. The van der Waals surface area contributed by atoms with E-state index < -0.39 is 0 Å². The van der Waals surface area contributed by atoms with Crippen LogP contribution in [-0.4, -0.2) is 66.6 Å². The smallest absolute Gasteiger partial charge is 0.261 e. The van der Waals surface area contributed by atoms with Gasteiger partial charge in [-0.05, 0) is 55.2 Å². The van der Waals surface area contributed by atoms with Crippen LogP contribution in [0.3, 0.4) is 0 Å². The van der Waals surface area contributed by atoms with Gasteiger partial charge in [0.1, 0.15) is 5.75 Å². The van der Waals surface area contributed by atoms with Crippen molar-refractivity contribution in [3.63, 3.8) is 0 Å². The minimum absolute atomic E-state index is 0.0108. The summed E-state index contributed by atoms with van der Waals surface area (Å²) in [4.78, 5) is 29.9. The molecule has 3 aromatic carbocycles. The minimum atomic E-state index is -0.368. The fourth-order valence-electron chi connectivity index (χ4n) is 3.96. The van der Waals surface area contributed by atoms with Gasteiger partial charge in [0, 0.05) is 43.9 Å². The van der Waals surface area contributed by atoms with Gasteiger partial charge in [0.2, 0.25) is 0 Å². The lowest BCUT2D eigenvalue weighted by Gasteiger charge is -2.32. The summed E-state index contributed by atoms with van der Waals surface area (Å²) in [6.45, 7) is 3.57. The van der Waals surface area contributed by atoms with Gasteiger partial charge < -0.3 is 19.9 Å². The molecule has 1 fully saturated rings. The van der Waals surface area contributed by atoms with Crippen molar-refractivity contribution in [2.24, 2.45) is 0 Å². The first-order valence-corrected chi connectivity index (χ1v) is 12.4. The Balaban J connectivity index is 1.33. The number of rotatable bonds is 7. The lowest BCUT2D eigenvalue weighted by Crippen LogP contribution is -2.47. The maximum absolute atomic E-state index is 12.9. The largest absolute Gasteiger partial charge is 0.492 e. The Morgan fingerprint density at radius 1 is 0.917 bits per heavy atom. The summed E-state index contributed by atoms with van der Waals surface area (Å²) in [7, 11) is 2.05. The number of ether oxygens (including phenoxy) is 1. The van der Waals surface area contributed by atoms with Crippen LogP contribution < -0.4 is 15.4 Å². The van der Waals surface area contributed by atoms with Gasteiger partial charge in [-0.3, -0.25) is 14.9 Å². The first-order chi connectivity index (χ1) is 17.5. The number of hydrogen-bond donors (Lipinski definition) is 2. The van der Waals surface area contributed by atoms with Crippen LogP contribution in [-0.2, 0) is 6.42 Å². The van der Waals surface area contributed by atoms with E-state index in [1.807, 2.05) is 41.3 Å². The molecule has 0 radical (unpaired) electrons. The van der Waals surface area contributed by atoms with E-state index in [0.717, 1.165) is 25.1 Å². The van der Waals surface area contributed by atoms with Crippen LogP contribution in [0.15, 0.2) is 78.9 Å². The molecule has 1 aliphatic heterocycles. The number of amides is 2. The van der Waals surface area contributed by atoms with E-state index in [1.165, 1.54) is 0 Å². The second-order valence-electron chi connectivity index (χ2n) is 8.66. The van der Waals surface area contributed by atoms with E-state index in [4.69, 9.17) is 17.0 Å². The molecule has 8 heteroatoms. The molecule has 0 aliphatic carbocycles. The lowest BCUT2D eigenvalue weighted by atomic mass is 10.1. The standard InChI is InChI=1S/C28H30N4O3S/c1-31-15-17-32(18-16-31)27(34)22-10-7-11-23(20-22)29-28(36)30-26(33)24-12-5-6-13-25(24)35-19-14-21-8-3-2-4-9-21/h2-13,20H,14-19H2,1H3,(H2,29,30,33,36). The van der Waals surface area contributed by atoms with Crippen LogP contribution in [0.2, 0.25) is 0 Å². The molecule has 0 spiro atoms. The van der Waals surface area contributed by atoms with Gasteiger partial charge in [-0.1, -0.05) is 48.5 Å². The SMILES string of the molecule is CN1CCN(C(=O)c2cccc(NC(=S)NC(=O)c3ccccc3OCCc3ccccc3)c2)CC1. The second kappa shape index (κ2) is 12.3. The van der Waals surface area contributed by atoms with Crippen LogP contribution in [0.4, 0.5) is 5.69 Å². The Labute approximate surface area is 217 Å². The van der Waals surface area contributed by atoms with Crippen molar-refractivity contribution in [3.8, 4) is 5.75 Å². The lowest BCUT2D eigenvalue weighted by molar-refractivity contribution is 0.0664. The first-order valence-electron chi connectivity index (χ1n) is 12.0. The summed E-state index contributed by atoms with van der Waals surface area (Å²) in [5, 5.41) is 5.86. The molecule has 1 heterocycles.